The van der Waals surface area contributed by atoms with E-state index in [-0.39, 0.29) is 11.8 Å². The molecule has 1 aliphatic heterocycles. The first-order valence-corrected chi connectivity index (χ1v) is 13.4. The van der Waals surface area contributed by atoms with E-state index in [0.29, 0.717) is 68.8 Å². The predicted octanol–water partition coefficient (Wildman–Crippen LogP) is 3.50. The Bertz CT molecular complexity index is 1410. The lowest BCUT2D eigenvalue weighted by Crippen LogP contribution is -2.49. The quantitative estimate of drug-likeness (QED) is 0.275. The summed E-state index contributed by atoms with van der Waals surface area (Å²) in [6, 6.07) is 17.2. The molecule has 3 heterocycles. The zero-order valence-corrected chi connectivity index (χ0v) is 22.5. The number of amides is 2. The Labute approximate surface area is 231 Å². The molecule has 10 nitrogen and oxygen atoms in total. The Kier molecular flexibility index (Phi) is 8.21. The van der Waals surface area contributed by atoms with E-state index in [2.05, 4.69) is 30.5 Å². The zero-order chi connectivity index (χ0) is 27.2. The maximum absolute atomic E-state index is 12.9. The lowest BCUT2D eigenvalue weighted by Gasteiger charge is -2.35. The van der Waals surface area contributed by atoms with Crippen LogP contribution in [0.1, 0.15) is 19.2 Å². The highest BCUT2D eigenvalue weighted by atomic mass is 35.5. The Morgan fingerprint density at radius 3 is 2.49 bits per heavy atom. The molecular formula is C28H31ClN8O2. The lowest BCUT2D eigenvalue weighted by molar-refractivity contribution is -0.131. The number of para-hydroxylation sites is 2. The number of hydrogen-bond donors (Lipinski definition) is 3. The van der Waals surface area contributed by atoms with Crippen molar-refractivity contribution in [3.05, 3.63) is 65.4 Å². The minimum atomic E-state index is -0.0768. The number of piperazine rings is 1. The van der Waals surface area contributed by atoms with Crippen LogP contribution in [0.4, 0.5) is 11.6 Å². The van der Waals surface area contributed by atoms with E-state index in [1.807, 2.05) is 59.5 Å². The molecular weight excluding hydrogens is 516 g/mol. The molecule has 1 fully saturated rings. The van der Waals surface area contributed by atoms with Gasteiger partial charge in [0.1, 0.15) is 17.5 Å². The Balaban J connectivity index is 1.22. The number of fused-ring (bicyclic) bond motifs is 1. The molecule has 0 spiro atoms. The smallest absolute Gasteiger partial charge is 0.223 e. The second-order valence-corrected chi connectivity index (χ2v) is 9.86. The molecule has 5 rings (SSSR count). The largest absolute Gasteiger partial charge is 0.368 e. The van der Waals surface area contributed by atoms with Gasteiger partial charge in [-0.3, -0.25) is 9.59 Å². The van der Waals surface area contributed by atoms with Crippen LogP contribution in [0.2, 0.25) is 5.02 Å². The Morgan fingerprint density at radius 2 is 1.74 bits per heavy atom. The van der Waals surface area contributed by atoms with E-state index in [0.717, 1.165) is 28.2 Å². The summed E-state index contributed by atoms with van der Waals surface area (Å²) in [5.41, 5.74) is 2.76. The Hall–Kier alpha value is -4.18. The number of halogens is 1. The number of nitrogens with one attached hydrogen (secondary N) is 3. The van der Waals surface area contributed by atoms with E-state index >= 15 is 0 Å². The number of anilines is 2. The average Bonchev–Trinajstić information content (AvgIpc) is 3.37. The molecule has 0 bridgehead atoms. The molecule has 2 aromatic carbocycles. The molecule has 2 amide bonds. The molecule has 0 unspecified atom stereocenters. The van der Waals surface area contributed by atoms with Crippen molar-refractivity contribution in [1.82, 2.24) is 30.2 Å². The monoisotopic (exact) mass is 546 g/mol. The van der Waals surface area contributed by atoms with Gasteiger partial charge in [-0.1, -0.05) is 23.7 Å². The molecule has 11 heteroatoms. The summed E-state index contributed by atoms with van der Waals surface area (Å²) in [7, 11) is 0. The van der Waals surface area contributed by atoms with Crippen molar-refractivity contribution in [1.29, 1.82) is 0 Å². The third-order valence-corrected chi connectivity index (χ3v) is 6.84. The molecule has 2 aromatic heterocycles. The number of benzene rings is 2. The van der Waals surface area contributed by atoms with Crippen molar-refractivity contribution in [2.24, 2.45) is 0 Å². The molecule has 0 radical (unpaired) electrons. The number of hydrogen-bond acceptors (Lipinski definition) is 7. The van der Waals surface area contributed by atoms with Gasteiger partial charge in [-0.15, -0.1) is 0 Å². The van der Waals surface area contributed by atoms with Crippen LogP contribution < -0.4 is 15.5 Å². The molecule has 3 N–H and O–H groups in total. The number of nitrogens with zero attached hydrogens (tertiary/aromatic N) is 5. The van der Waals surface area contributed by atoms with Gasteiger partial charge in [0, 0.05) is 75.7 Å². The normalized spacial score (nSPS) is 13.5. The van der Waals surface area contributed by atoms with Gasteiger partial charge in [-0.05, 0) is 36.4 Å². The van der Waals surface area contributed by atoms with E-state index in [1.165, 1.54) is 6.92 Å². The number of aryl methyl sites for hydroxylation is 1. The maximum atomic E-state index is 12.9. The molecule has 39 heavy (non-hydrogen) atoms. The van der Waals surface area contributed by atoms with Gasteiger partial charge in [0.25, 0.3) is 0 Å². The summed E-state index contributed by atoms with van der Waals surface area (Å²) >= 11 is 6.08. The number of carbonyl (C=O) groups excluding carboxylic acids is 2. The lowest BCUT2D eigenvalue weighted by atomic mass is 10.2. The van der Waals surface area contributed by atoms with Crippen LogP contribution in [0.25, 0.3) is 22.4 Å². The highest BCUT2D eigenvalue weighted by molar-refractivity contribution is 6.30. The second kappa shape index (κ2) is 12.1. The first-order chi connectivity index (χ1) is 18.9. The topological polar surface area (TPSA) is 119 Å². The zero-order valence-electron chi connectivity index (χ0n) is 21.8. The van der Waals surface area contributed by atoms with Crippen molar-refractivity contribution in [2.45, 2.75) is 19.8 Å². The number of aromatic amines is 1. The molecule has 1 aliphatic rings. The minimum Gasteiger partial charge on any atom is -0.368 e. The summed E-state index contributed by atoms with van der Waals surface area (Å²) in [4.78, 5) is 45.6. The third kappa shape index (κ3) is 6.83. The van der Waals surface area contributed by atoms with Gasteiger partial charge in [-0.25, -0.2) is 15.0 Å². The molecule has 4 aromatic rings. The van der Waals surface area contributed by atoms with Crippen LogP contribution in [-0.4, -0.2) is 75.9 Å². The maximum Gasteiger partial charge on any atom is 0.223 e. The van der Waals surface area contributed by atoms with Gasteiger partial charge >= 0.3 is 0 Å². The average molecular weight is 547 g/mol. The molecule has 0 atom stereocenters. The van der Waals surface area contributed by atoms with Crippen molar-refractivity contribution in [2.75, 3.05) is 49.5 Å². The van der Waals surface area contributed by atoms with Crippen LogP contribution in [0.5, 0.6) is 0 Å². The van der Waals surface area contributed by atoms with Crippen LogP contribution in [0, 0.1) is 0 Å². The standard InChI is InChI=1S/C28H31ClN8O2/c1-19(38)30-12-13-31-25-18-26(35-28(34-25)20-6-8-21(29)9-7-20)36-14-16-37(17-15-36)27(39)11-10-24-32-22-4-2-3-5-23(22)33-24/h2-9,18H,10-17H2,1H3,(H,30,38)(H,32,33)(H,31,34,35). The first kappa shape index (κ1) is 26.4. The number of H-pyrrole nitrogens is 1. The van der Waals surface area contributed by atoms with Gasteiger partial charge < -0.3 is 25.4 Å². The highest BCUT2D eigenvalue weighted by Gasteiger charge is 2.23. The van der Waals surface area contributed by atoms with E-state index in [4.69, 9.17) is 16.6 Å². The molecule has 202 valence electrons. The van der Waals surface area contributed by atoms with Gasteiger partial charge in [0.2, 0.25) is 11.8 Å². The molecule has 1 saturated heterocycles. The third-order valence-electron chi connectivity index (χ3n) is 6.59. The van der Waals surface area contributed by atoms with Crippen LogP contribution in [0.3, 0.4) is 0 Å². The van der Waals surface area contributed by atoms with Gasteiger partial charge in [0.05, 0.1) is 11.0 Å². The fourth-order valence-electron chi connectivity index (χ4n) is 4.54. The second-order valence-electron chi connectivity index (χ2n) is 9.42. The van der Waals surface area contributed by atoms with Crippen molar-refractivity contribution < 1.29 is 9.59 Å². The first-order valence-electron chi connectivity index (χ1n) is 13.0. The summed E-state index contributed by atoms with van der Waals surface area (Å²) < 4.78 is 0. The number of rotatable bonds is 9. The number of aromatic nitrogens is 4. The summed E-state index contributed by atoms with van der Waals surface area (Å²) in [6.45, 7) is 5.07. The van der Waals surface area contributed by atoms with Gasteiger partial charge in [0.15, 0.2) is 5.82 Å². The fourth-order valence-corrected chi connectivity index (χ4v) is 4.66. The fraction of sp³-hybridized carbons (Fsp3) is 0.321. The van der Waals surface area contributed by atoms with Gasteiger partial charge in [-0.2, -0.15) is 0 Å². The summed E-state index contributed by atoms with van der Waals surface area (Å²) in [6.07, 6.45) is 0.994. The van der Waals surface area contributed by atoms with E-state index in [1.54, 1.807) is 0 Å². The van der Waals surface area contributed by atoms with Crippen molar-refractivity contribution in [3.8, 4) is 11.4 Å². The summed E-state index contributed by atoms with van der Waals surface area (Å²) in [5.74, 6) is 2.91. The Morgan fingerprint density at radius 1 is 0.974 bits per heavy atom. The predicted molar refractivity (Wildman–Crippen MR) is 153 cm³/mol. The minimum absolute atomic E-state index is 0.0768. The van der Waals surface area contributed by atoms with Crippen LogP contribution in [-0.2, 0) is 16.0 Å². The number of imidazole rings is 1. The van der Waals surface area contributed by atoms with Crippen LogP contribution in [0.15, 0.2) is 54.6 Å². The molecule has 0 saturated carbocycles. The summed E-state index contributed by atoms with van der Waals surface area (Å²) in [5, 5.41) is 6.70. The molecule has 0 aliphatic carbocycles. The van der Waals surface area contributed by atoms with Crippen molar-refractivity contribution in [3.63, 3.8) is 0 Å². The highest BCUT2D eigenvalue weighted by Crippen LogP contribution is 2.25. The van der Waals surface area contributed by atoms with Crippen molar-refractivity contribution >= 4 is 46.1 Å². The van der Waals surface area contributed by atoms with Crippen LogP contribution >= 0.6 is 11.6 Å². The SMILES string of the molecule is CC(=O)NCCNc1cc(N2CCN(C(=O)CCc3nc4ccccc4[nH]3)CC2)nc(-c2ccc(Cl)cc2)n1. The van der Waals surface area contributed by atoms with E-state index in [9.17, 15) is 9.59 Å². The number of carbonyl (C=O) groups is 2. The van der Waals surface area contributed by atoms with E-state index < -0.39 is 0 Å².